The molecule has 0 aromatic heterocycles. The SMILES string of the molecule is CCOC(=O)c1ccccc1N1C(=O)[C@H]2C3c4ccccc4C(C(C)=O)(c4ccccc43)[C@H]2C1=O. The third kappa shape index (κ3) is 2.54. The second-order valence-electron chi connectivity index (χ2n) is 9.27. The van der Waals surface area contributed by atoms with Crippen molar-refractivity contribution in [2.24, 2.45) is 11.8 Å². The standard InChI is InChI=1S/C29H23NO5/c1-3-35-28(34)19-12-6-9-15-22(19)30-26(32)24-23-17-10-4-7-13-20(17)29(16(2)31,25(24)27(30)33)21-14-8-5-11-18(21)23/h4-15,23-25H,3H2,1-2H3/t23?,24-,25+,29?/m0/s1. The van der Waals surface area contributed by atoms with Crippen molar-refractivity contribution in [3.63, 3.8) is 0 Å². The van der Waals surface area contributed by atoms with Crippen molar-refractivity contribution in [1.29, 1.82) is 0 Å². The zero-order valence-corrected chi connectivity index (χ0v) is 19.4. The number of Topliss-reactive ketones (excluding diaryl/α,β-unsaturated/α-hetero) is 1. The maximum atomic E-state index is 14.2. The van der Waals surface area contributed by atoms with E-state index in [9.17, 15) is 19.2 Å². The summed E-state index contributed by atoms with van der Waals surface area (Å²) in [5.41, 5.74) is 2.47. The van der Waals surface area contributed by atoms with E-state index in [2.05, 4.69) is 0 Å². The van der Waals surface area contributed by atoms with Gasteiger partial charge in [-0.05, 0) is 48.2 Å². The van der Waals surface area contributed by atoms with E-state index in [4.69, 9.17) is 4.74 Å². The lowest BCUT2D eigenvalue weighted by Gasteiger charge is -2.52. The van der Waals surface area contributed by atoms with Crippen LogP contribution in [0.4, 0.5) is 5.69 Å². The molecule has 0 saturated carbocycles. The Morgan fingerprint density at radius 1 is 0.857 bits per heavy atom. The van der Waals surface area contributed by atoms with Crippen molar-refractivity contribution >= 4 is 29.3 Å². The Morgan fingerprint density at radius 2 is 1.43 bits per heavy atom. The Morgan fingerprint density at radius 3 is 2.03 bits per heavy atom. The van der Waals surface area contributed by atoms with Gasteiger partial charge >= 0.3 is 5.97 Å². The lowest BCUT2D eigenvalue weighted by molar-refractivity contribution is -0.132. The first-order valence-corrected chi connectivity index (χ1v) is 11.8. The number of anilines is 1. The van der Waals surface area contributed by atoms with Crippen molar-refractivity contribution in [3.05, 3.63) is 101 Å². The third-order valence-corrected chi connectivity index (χ3v) is 7.81. The lowest BCUT2D eigenvalue weighted by atomic mass is 9.46. The maximum absolute atomic E-state index is 14.2. The highest BCUT2D eigenvalue weighted by Gasteiger charge is 2.70. The topological polar surface area (TPSA) is 80.8 Å². The van der Waals surface area contributed by atoms with E-state index in [-0.39, 0.29) is 29.6 Å². The molecular weight excluding hydrogens is 442 g/mol. The molecule has 0 unspecified atom stereocenters. The number of esters is 1. The summed E-state index contributed by atoms with van der Waals surface area (Å²) in [6.45, 7) is 3.37. The first kappa shape index (κ1) is 21.5. The number of carbonyl (C=O) groups is 4. The predicted molar refractivity (Wildman–Crippen MR) is 128 cm³/mol. The zero-order chi connectivity index (χ0) is 24.5. The molecule has 0 spiro atoms. The van der Waals surface area contributed by atoms with Crippen LogP contribution >= 0.6 is 0 Å². The molecule has 4 aliphatic rings. The van der Waals surface area contributed by atoms with E-state index >= 15 is 0 Å². The van der Waals surface area contributed by atoms with Gasteiger partial charge < -0.3 is 4.74 Å². The van der Waals surface area contributed by atoms with Gasteiger partial charge in [0, 0.05) is 5.92 Å². The van der Waals surface area contributed by atoms with Gasteiger partial charge in [0.05, 0.1) is 35.1 Å². The minimum Gasteiger partial charge on any atom is -0.462 e. The number of benzene rings is 3. The highest BCUT2D eigenvalue weighted by atomic mass is 16.5. The molecule has 6 heteroatoms. The summed E-state index contributed by atoms with van der Waals surface area (Å²) in [7, 11) is 0. The molecule has 6 nitrogen and oxygen atoms in total. The lowest BCUT2D eigenvalue weighted by Crippen LogP contribution is -2.57. The van der Waals surface area contributed by atoms with Crippen LogP contribution in [0.3, 0.4) is 0 Å². The molecule has 0 N–H and O–H groups in total. The van der Waals surface area contributed by atoms with E-state index in [1.54, 1.807) is 31.2 Å². The van der Waals surface area contributed by atoms with Crippen LogP contribution in [0.15, 0.2) is 72.8 Å². The Hall–Kier alpha value is -4.06. The van der Waals surface area contributed by atoms with Gasteiger partial charge in [0.2, 0.25) is 11.8 Å². The summed E-state index contributed by atoms with van der Waals surface area (Å²) < 4.78 is 5.19. The molecule has 1 aliphatic heterocycles. The van der Waals surface area contributed by atoms with Crippen molar-refractivity contribution in [1.82, 2.24) is 0 Å². The number of ether oxygens (including phenoxy) is 1. The van der Waals surface area contributed by atoms with Crippen molar-refractivity contribution in [2.45, 2.75) is 25.2 Å². The average molecular weight is 466 g/mol. The van der Waals surface area contributed by atoms with Gasteiger partial charge in [-0.1, -0.05) is 60.7 Å². The molecule has 0 radical (unpaired) electrons. The maximum Gasteiger partial charge on any atom is 0.340 e. The first-order chi connectivity index (χ1) is 16.9. The Kier molecular flexibility index (Phi) is 4.58. The van der Waals surface area contributed by atoms with Gasteiger partial charge in [-0.25, -0.2) is 9.69 Å². The van der Waals surface area contributed by atoms with Crippen LogP contribution in [0.25, 0.3) is 0 Å². The van der Waals surface area contributed by atoms with Crippen LogP contribution in [-0.4, -0.2) is 30.2 Å². The highest BCUT2D eigenvalue weighted by Crippen LogP contribution is 2.64. The smallest absolute Gasteiger partial charge is 0.340 e. The summed E-state index contributed by atoms with van der Waals surface area (Å²) in [4.78, 5) is 55.8. The van der Waals surface area contributed by atoms with E-state index in [0.717, 1.165) is 27.2 Å². The van der Waals surface area contributed by atoms with E-state index < -0.39 is 35.0 Å². The average Bonchev–Trinajstić information content (AvgIpc) is 3.14. The van der Waals surface area contributed by atoms with Crippen LogP contribution in [0.2, 0.25) is 0 Å². The molecule has 1 saturated heterocycles. The van der Waals surface area contributed by atoms with Crippen molar-refractivity contribution in [3.8, 4) is 0 Å². The van der Waals surface area contributed by atoms with Gasteiger partial charge in [-0.2, -0.15) is 0 Å². The Balaban J connectivity index is 1.62. The van der Waals surface area contributed by atoms with Crippen LogP contribution in [-0.2, 0) is 24.5 Å². The molecule has 35 heavy (non-hydrogen) atoms. The highest BCUT2D eigenvalue weighted by molar-refractivity contribution is 6.27. The van der Waals surface area contributed by atoms with Gasteiger partial charge in [0.15, 0.2) is 0 Å². The number of carbonyl (C=O) groups excluding carboxylic acids is 4. The van der Waals surface area contributed by atoms with Gasteiger partial charge in [0.1, 0.15) is 5.78 Å². The Labute approximate surface area is 202 Å². The number of para-hydroxylation sites is 1. The largest absolute Gasteiger partial charge is 0.462 e. The minimum absolute atomic E-state index is 0.147. The minimum atomic E-state index is -1.27. The molecule has 3 aromatic carbocycles. The molecule has 174 valence electrons. The Bertz CT molecular complexity index is 1390. The van der Waals surface area contributed by atoms with Crippen molar-refractivity contribution in [2.75, 3.05) is 11.5 Å². The number of hydrogen-bond donors (Lipinski definition) is 0. The first-order valence-electron chi connectivity index (χ1n) is 11.8. The fourth-order valence-corrected chi connectivity index (χ4v) is 6.66. The molecular formula is C29H23NO5. The second-order valence-corrected chi connectivity index (χ2v) is 9.27. The molecule has 2 atom stereocenters. The van der Waals surface area contributed by atoms with Gasteiger partial charge in [-0.3, -0.25) is 14.4 Å². The van der Waals surface area contributed by atoms with Gasteiger partial charge in [-0.15, -0.1) is 0 Å². The molecule has 3 aliphatic carbocycles. The number of amides is 2. The fraction of sp³-hybridized carbons (Fsp3) is 0.241. The van der Waals surface area contributed by atoms with Gasteiger partial charge in [0.25, 0.3) is 0 Å². The summed E-state index contributed by atoms with van der Waals surface area (Å²) in [5.74, 6) is -3.62. The zero-order valence-electron chi connectivity index (χ0n) is 19.4. The number of ketones is 1. The monoisotopic (exact) mass is 465 g/mol. The third-order valence-electron chi connectivity index (χ3n) is 7.81. The van der Waals surface area contributed by atoms with Crippen LogP contribution < -0.4 is 4.90 Å². The number of hydrogen-bond acceptors (Lipinski definition) is 5. The number of imide groups is 1. The summed E-state index contributed by atoms with van der Waals surface area (Å²) >= 11 is 0. The van der Waals surface area contributed by atoms with E-state index in [1.807, 2.05) is 48.5 Å². The quantitative estimate of drug-likeness (QED) is 0.430. The second kappa shape index (κ2) is 7.47. The molecule has 1 heterocycles. The van der Waals surface area contributed by atoms with Crippen molar-refractivity contribution < 1.29 is 23.9 Å². The number of rotatable bonds is 4. The van der Waals surface area contributed by atoms with Crippen LogP contribution in [0.1, 0.15) is 52.4 Å². The van der Waals surface area contributed by atoms with E-state index in [1.165, 1.54) is 6.92 Å². The van der Waals surface area contributed by atoms with E-state index in [0.29, 0.717) is 0 Å². The van der Waals surface area contributed by atoms with Crippen LogP contribution in [0, 0.1) is 11.8 Å². The fourth-order valence-electron chi connectivity index (χ4n) is 6.66. The summed E-state index contributed by atoms with van der Waals surface area (Å²) in [6, 6.07) is 21.8. The number of nitrogens with zero attached hydrogens (tertiary/aromatic N) is 1. The van der Waals surface area contributed by atoms with Crippen LogP contribution in [0.5, 0.6) is 0 Å². The summed E-state index contributed by atoms with van der Waals surface area (Å²) in [5, 5.41) is 0. The molecule has 7 rings (SSSR count). The normalized spacial score (nSPS) is 25.7. The molecule has 2 amide bonds. The molecule has 3 aromatic rings. The predicted octanol–water partition coefficient (Wildman–Crippen LogP) is 4.00. The summed E-state index contributed by atoms with van der Waals surface area (Å²) in [6.07, 6.45) is 0. The molecule has 1 fully saturated rings. The molecule has 2 bridgehead atoms.